The van der Waals surface area contributed by atoms with Crippen LogP contribution in [-0.4, -0.2) is 39.2 Å². The highest BCUT2D eigenvalue weighted by Gasteiger charge is 2.50. The van der Waals surface area contributed by atoms with E-state index in [0.717, 1.165) is 5.57 Å². The van der Waals surface area contributed by atoms with E-state index in [1.54, 1.807) is 0 Å². The quantitative estimate of drug-likeness (QED) is 0.312. The molecule has 0 aromatic heterocycles. The van der Waals surface area contributed by atoms with E-state index in [1.165, 1.54) is 17.5 Å². The minimum atomic E-state index is -2.64. The number of carbonyl (C=O) groups excluding carboxylic acids is 1. The first kappa shape index (κ1) is 27.0. The third-order valence-electron chi connectivity index (χ3n) is 6.61. The van der Waals surface area contributed by atoms with Crippen LogP contribution in [0.4, 0.5) is 0 Å². The zero-order valence-electron chi connectivity index (χ0n) is 21.2. The lowest BCUT2D eigenvalue weighted by Crippen LogP contribution is -2.67. The molecule has 0 radical (unpaired) electrons. The Morgan fingerprint density at radius 1 is 1.00 bits per heavy atom. The second-order valence-electron chi connectivity index (χ2n) is 9.96. The highest BCUT2D eigenvalue weighted by molar-refractivity contribution is 6.99. The lowest BCUT2D eigenvalue weighted by atomic mass is 9.88. The molecule has 0 aliphatic rings. The molecule has 5 heteroatoms. The number of carbonyl (C=O) groups is 1. The molecular weight excluding hydrogens is 428 g/mol. The molecule has 0 fully saturated rings. The molecule has 3 atom stereocenters. The fourth-order valence-corrected chi connectivity index (χ4v) is 9.06. The molecule has 0 unspecified atom stereocenters. The Labute approximate surface area is 200 Å². The van der Waals surface area contributed by atoms with Crippen LogP contribution in [0.1, 0.15) is 48.0 Å². The van der Waals surface area contributed by atoms with Crippen LogP contribution in [-0.2, 0) is 14.0 Å². The molecule has 0 amide bonds. The Morgan fingerprint density at radius 3 is 1.91 bits per heavy atom. The van der Waals surface area contributed by atoms with E-state index in [2.05, 4.69) is 69.3 Å². The number of benzene rings is 2. The summed E-state index contributed by atoms with van der Waals surface area (Å²) in [4.78, 5) is 11.5. The fraction of sp³-hybridized carbons (Fsp3) is 0.464. The minimum Gasteiger partial charge on any atom is -0.469 e. The van der Waals surface area contributed by atoms with Gasteiger partial charge in [-0.3, -0.25) is 4.79 Å². The van der Waals surface area contributed by atoms with Gasteiger partial charge >= 0.3 is 5.97 Å². The molecule has 0 aliphatic heterocycles. The van der Waals surface area contributed by atoms with E-state index in [9.17, 15) is 9.90 Å². The summed E-state index contributed by atoms with van der Waals surface area (Å²) >= 11 is 0. The molecule has 180 valence electrons. The van der Waals surface area contributed by atoms with Crippen molar-refractivity contribution in [2.24, 2.45) is 11.8 Å². The average Bonchev–Trinajstić information content (AvgIpc) is 2.82. The zero-order chi connectivity index (χ0) is 24.6. The molecule has 0 aliphatic carbocycles. The maximum atomic E-state index is 11.5. The summed E-state index contributed by atoms with van der Waals surface area (Å²) in [6.45, 7) is 13.2. The van der Waals surface area contributed by atoms with Crippen molar-refractivity contribution < 1.29 is 19.1 Å². The molecule has 0 heterocycles. The molecule has 0 saturated carbocycles. The first-order valence-corrected chi connectivity index (χ1v) is 13.6. The van der Waals surface area contributed by atoms with Gasteiger partial charge in [-0.1, -0.05) is 107 Å². The number of aliphatic hydroxyl groups is 1. The number of hydrogen-bond donors (Lipinski definition) is 1. The molecule has 4 nitrogen and oxygen atoms in total. The van der Waals surface area contributed by atoms with E-state index in [1.807, 2.05) is 39.0 Å². The van der Waals surface area contributed by atoms with Crippen molar-refractivity contribution >= 4 is 24.7 Å². The number of methoxy groups -OCH3 is 1. The van der Waals surface area contributed by atoms with E-state index in [4.69, 9.17) is 9.16 Å². The van der Waals surface area contributed by atoms with Gasteiger partial charge in [-0.2, -0.15) is 0 Å². The second-order valence-corrected chi connectivity index (χ2v) is 14.3. The van der Waals surface area contributed by atoms with Gasteiger partial charge in [-0.25, -0.2) is 0 Å². The largest absolute Gasteiger partial charge is 0.469 e. The summed E-state index contributed by atoms with van der Waals surface area (Å²) in [5, 5.41) is 13.4. The van der Waals surface area contributed by atoms with Crippen molar-refractivity contribution in [1.29, 1.82) is 0 Å². The van der Waals surface area contributed by atoms with E-state index >= 15 is 0 Å². The Hall–Kier alpha value is -2.21. The first-order chi connectivity index (χ1) is 15.5. The van der Waals surface area contributed by atoms with Gasteiger partial charge < -0.3 is 14.3 Å². The average molecular weight is 469 g/mol. The van der Waals surface area contributed by atoms with Gasteiger partial charge in [0, 0.05) is 18.4 Å². The molecule has 0 saturated heterocycles. The van der Waals surface area contributed by atoms with Crippen LogP contribution in [0.5, 0.6) is 0 Å². The summed E-state index contributed by atoms with van der Waals surface area (Å²) in [5.74, 6) is -0.449. The molecule has 0 spiro atoms. The summed E-state index contributed by atoms with van der Waals surface area (Å²) in [7, 11) is -1.26. The predicted octanol–water partition coefficient (Wildman–Crippen LogP) is 4.71. The molecule has 33 heavy (non-hydrogen) atoms. The Morgan fingerprint density at radius 2 is 1.48 bits per heavy atom. The van der Waals surface area contributed by atoms with E-state index < -0.39 is 14.4 Å². The highest BCUT2D eigenvalue weighted by atomic mass is 28.4. The van der Waals surface area contributed by atoms with Crippen LogP contribution in [0.15, 0.2) is 72.3 Å². The topological polar surface area (TPSA) is 55.8 Å². The number of hydrogen-bond acceptors (Lipinski definition) is 4. The van der Waals surface area contributed by atoms with Crippen LogP contribution >= 0.6 is 0 Å². The maximum absolute atomic E-state index is 11.5. The SMILES string of the molecule is COC(=O)C/C=C(\C)[C@H](C)[C@@H](O)[C@@H](C)CO[Si](c1ccccc1)(c1ccccc1)C(C)(C)C. The standard InChI is InChI=1S/C28H40O4Si/c1-21(18-19-26(29)31-7)23(3)27(30)22(2)20-32-33(28(4,5)6,24-14-10-8-11-15-24)25-16-12-9-13-17-25/h8-18,22-23,27,30H,19-20H2,1-7H3/b21-18+/t22-,23-,27-/m0/s1. The van der Waals surface area contributed by atoms with Gasteiger partial charge in [-0.05, 0) is 22.3 Å². The lowest BCUT2D eigenvalue weighted by Gasteiger charge is -2.44. The van der Waals surface area contributed by atoms with Crippen LogP contribution in [0.3, 0.4) is 0 Å². The van der Waals surface area contributed by atoms with Gasteiger partial charge in [0.15, 0.2) is 0 Å². The number of ether oxygens (including phenoxy) is 1. The van der Waals surface area contributed by atoms with Gasteiger partial charge in [-0.15, -0.1) is 0 Å². The van der Waals surface area contributed by atoms with Crippen molar-refractivity contribution in [1.82, 2.24) is 0 Å². The summed E-state index contributed by atoms with van der Waals surface area (Å²) in [5.41, 5.74) is 0.977. The fourth-order valence-electron chi connectivity index (χ4n) is 4.39. The summed E-state index contributed by atoms with van der Waals surface area (Å²) in [6.07, 6.45) is 1.47. The third kappa shape index (κ3) is 6.43. The van der Waals surface area contributed by atoms with E-state index in [0.29, 0.717) is 6.61 Å². The number of esters is 1. The predicted molar refractivity (Wildman–Crippen MR) is 138 cm³/mol. The zero-order valence-corrected chi connectivity index (χ0v) is 22.2. The Balaban J connectivity index is 2.32. The summed E-state index contributed by atoms with van der Waals surface area (Å²) < 4.78 is 11.7. The van der Waals surface area contributed by atoms with Crippen LogP contribution < -0.4 is 10.4 Å². The molecule has 2 aromatic rings. The molecular formula is C28H40O4Si. The van der Waals surface area contributed by atoms with Gasteiger partial charge in [0.1, 0.15) is 0 Å². The van der Waals surface area contributed by atoms with Crippen molar-refractivity contribution in [2.75, 3.05) is 13.7 Å². The van der Waals surface area contributed by atoms with Crippen molar-refractivity contribution in [3.05, 3.63) is 72.3 Å². The van der Waals surface area contributed by atoms with Gasteiger partial charge in [0.05, 0.1) is 19.6 Å². The third-order valence-corrected chi connectivity index (χ3v) is 11.6. The van der Waals surface area contributed by atoms with Gasteiger partial charge in [0.25, 0.3) is 8.32 Å². The molecule has 0 bridgehead atoms. The number of aliphatic hydroxyl groups excluding tert-OH is 1. The monoisotopic (exact) mass is 468 g/mol. The number of rotatable bonds is 10. The minimum absolute atomic E-state index is 0.0804. The van der Waals surface area contributed by atoms with E-state index in [-0.39, 0.29) is 29.3 Å². The molecule has 1 N–H and O–H groups in total. The van der Waals surface area contributed by atoms with Crippen molar-refractivity contribution in [3.63, 3.8) is 0 Å². The van der Waals surface area contributed by atoms with Crippen LogP contribution in [0, 0.1) is 11.8 Å². The van der Waals surface area contributed by atoms with Crippen molar-refractivity contribution in [3.8, 4) is 0 Å². The molecule has 2 rings (SSSR count). The maximum Gasteiger partial charge on any atom is 0.309 e. The Kier molecular flexibility index (Phi) is 9.65. The summed E-state index contributed by atoms with van der Waals surface area (Å²) in [6, 6.07) is 21.1. The Bertz CT molecular complexity index is 863. The van der Waals surface area contributed by atoms with Crippen molar-refractivity contribution in [2.45, 2.75) is 59.1 Å². The lowest BCUT2D eigenvalue weighted by molar-refractivity contribution is -0.139. The normalized spacial score (nSPS) is 15.6. The smallest absolute Gasteiger partial charge is 0.309 e. The highest BCUT2D eigenvalue weighted by Crippen LogP contribution is 2.37. The van der Waals surface area contributed by atoms with Crippen LogP contribution in [0.25, 0.3) is 0 Å². The second kappa shape index (κ2) is 11.8. The van der Waals surface area contributed by atoms with Crippen LogP contribution in [0.2, 0.25) is 5.04 Å². The van der Waals surface area contributed by atoms with Gasteiger partial charge in [0.2, 0.25) is 0 Å². The molecule has 2 aromatic carbocycles. The first-order valence-electron chi connectivity index (χ1n) is 11.7.